The highest BCUT2D eigenvalue weighted by atomic mass is 19.4. The molecule has 0 amide bonds. The van der Waals surface area contributed by atoms with Gasteiger partial charge in [-0.1, -0.05) is 20.8 Å². The van der Waals surface area contributed by atoms with Crippen molar-refractivity contribution in [2.75, 3.05) is 13.2 Å². The molecule has 0 radical (unpaired) electrons. The van der Waals surface area contributed by atoms with Crippen molar-refractivity contribution in [2.45, 2.75) is 64.2 Å². The molecule has 0 bridgehead atoms. The predicted molar refractivity (Wildman–Crippen MR) is 76.1 cm³/mol. The topological polar surface area (TPSA) is 52.6 Å². The molecule has 0 saturated carbocycles. The maximum absolute atomic E-state index is 13.2. The van der Waals surface area contributed by atoms with E-state index in [1.165, 1.54) is 0 Å². The third kappa shape index (κ3) is 7.49. The van der Waals surface area contributed by atoms with Gasteiger partial charge in [0.15, 0.2) is 6.61 Å². The standard InChI is InChI=1S/C15H20F8O4/c1-12(2,3)7-26-9(24)5-4-6-10(25)27-8-13(18,19)15(22,23)14(20,21)11(16)17/h11H,4-8H2,1-3H3. The van der Waals surface area contributed by atoms with Crippen LogP contribution in [0.5, 0.6) is 0 Å². The first-order chi connectivity index (χ1) is 11.9. The molecule has 0 fully saturated rings. The molecule has 0 aliphatic carbocycles. The van der Waals surface area contributed by atoms with E-state index in [1.807, 2.05) is 0 Å². The molecule has 0 spiro atoms. The molecule has 0 rings (SSSR count). The monoisotopic (exact) mass is 416 g/mol. The highest BCUT2D eigenvalue weighted by Gasteiger charge is 2.75. The zero-order valence-corrected chi connectivity index (χ0v) is 14.8. The fourth-order valence-electron chi connectivity index (χ4n) is 1.46. The Morgan fingerprint density at radius 1 is 0.815 bits per heavy atom. The van der Waals surface area contributed by atoms with Crippen LogP contribution >= 0.6 is 0 Å². The van der Waals surface area contributed by atoms with Crippen LogP contribution in [0, 0.1) is 5.41 Å². The van der Waals surface area contributed by atoms with Crippen molar-refractivity contribution in [2.24, 2.45) is 5.41 Å². The van der Waals surface area contributed by atoms with Crippen LogP contribution in [0.4, 0.5) is 35.1 Å². The van der Waals surface area contributed by atoms with Crippen LogP contribution in [0.25, 0.3) is 0 Å². The summed E-state index contributed by atoms with van der Waals surface area (Å²) in [6.07, 6.45) is -6.26. The van der Waals surface area contributed by atoms with Crippen molar-refractivity contribution >= 4 is 11.9 Å². The molecule has 0 aromatic carbocycles. The number of ether oxygens (including phenoxy) is 2. The molecule has 160 valence electrons. The summed E-state index contributed by atoms with van der Waals surface area (Å²) in [5, 5.41) is 0. The van der Waals surface area contributed by atoms with Gasteiger partial charge in [0.2, 0.25) is 0 Å². The summed E-state index contributed by atoms with van der Waals surface area (Å²) in [6.45, 7) is 2.91. The zero-order valence-electron chi connectivity index (χ0n) is 14.8. The van der Waals surface area contributed by atoms with Crippen LogP contribution < -0.4 is 0 Å². The maximum atomic E-state index is 13.2. The summed E-state index contributed by atoms with van der Waals surface area (Å²) >= 11 is 0. The molecule has 4 nitrogen and oxygen atoms in total. The number of carbonyl (C=O) groups excluding carboxylic acids is 2. The molecular formula is C15H20F8O4. The summed E-state index contributed by atoms with van der Waals surface area (Å²) in [5.74, 6) is -20.7. The number of carbonyl (C=O) groups is 2. The van der Waals surface area contributed by atoms with E-state index in [1.54, 1.807) is 20.8 Å². The van der Waals surface area contributed by atoms with E-state index in [9.17, 15) is 44.7 Å². The second-order valence-corrected chi connectivity index (χ2v) is 6.94. The van der Waals surface area contributed by atoms with Crippen molar-refractivity contribution < 1.29 is 54.2 Å². The van der Waals surface area contributed by atoms with Gasteiger partial charge in [-0.15, -0.1) is 0 Å². The van der Waals surface area contributed by atoms with Gasteiger partial charge in [0.1, 0.15) is 0 Å². The van der Waals surface area contributed by atoms with Gasteiger partial charge in [0, 0.05) is 12.8 Å². The Kier molecular flexibility index (Phi) is 8.50. The van der Waals surface area contributed by atoms with Gasteiger partial charge in [-0.3, -0.25) is 9.59 Å². The van der Waals surface area contributed by atoms with E-state index < -0.39 is 49.2 Å². The number of alkyl halides is 8. The van der Waals surface area contributed by atoms with Crippen molar-refractivity contribution in [3.05, 3.63) is 0 Å². The summed E-state index contributed by atoms with van der Waals surface area (Å²) in [5.41, 5.74) is -0.314. The molecule has 27 heavy (non-hydrogen) atoms. The van der Waals surface area contributed by atoms with E-state index in [0.717, 1.165) is 0 Å². The van der Waals surface area contributed by atoms with Crippen molar-refractivity contribution in [1.29, 1.82) is 0 Å². The maximum Gasteiger partial charge on any atom is 0.381 e. The van der Waals surface area contributed by atoms with Crippen LogP contribution in [-0.4, -0.2) is 49.3 Å². The van der Waals surface area contributed by atoms with Gasteiger partial charge in [-0.05, 0) is 11.8 Å². The second kappa shape index (κ2) is 9.05. The molecule has 12 heteroatoms. The molecule has 0 heterocycles. The van der Waals surface area contributed by atoms with Crippen molar-refractivity contribution in [3.63, 3.8) is 0 Å². The Morgan fingerprint density at radius 2 is 1.22 bits per heavy atom. The van der Waals surface area contributed by atoms with Gasteiger partial charge in [0.05, 0.1) is 6.61 Å². The third-order valence-electron chi connectivity index (χ3n) is 2.99. The largest absolute Gasteiger partial charge is 0.465 e. The van der Waals surface area contributed by atoms with E-state index >= 15 is 0 Å². The summed E-state index contributed by atoms with van der Waals surface area (Å²) < 4.78 is 110. The first-order valence-electron chi connectivity index (χ1n) is 7.67. The normalized spacial score (nSPS) is 13.6. The first-order valence-corrected chi connectivity index (χ1v) is 7.67. The minimum Gasteiger partial charge on any atom is -0.465 e. The van der Waals surface area contributed by atoms with Crippen LogP contribution in [0.1, 0.15) is 40.0 Å². The van der Waals surface area contributed by atoms with Crippen LogP contribution in [0.3, 0.4) is 0 Å². The summed E-state index contributed by atoms with van der Waals surface area (Å²) in [4.78, 5) is 22.6. The fourth-order valence-corrected chi connectivity index (χ4v) is 1.46. The lowest BCUT2D eigenvalue weighted by Crippen LogP contribution is -2.59. The van der Waals surface area contributed by atoms with E-state index in [2.05, 4.69) is 4.74 Å². The Labute approximate surface area is 150 Å². The Hall–Kier alpha value is -1.62. The highest BCUT2D eigenvalue weighted by Crippen LogP contribution is 2.48. The molecule has 0 aliphatic heterocycles. The van der Waals surface area contributed by atoms with Crippen LogP contribution in [0.15, 0.2) is 0 Å². The number of rotatable bonds is 10. The van der Waals surface area contributed by atoms with E-state index in [4.69, 9.17) is 4.74 Å². The predicted octanol–water partition coefficient (Wildman–Crippen LogP) is 4.46. The minimum atomic E-state index is -6.44. The van der Waals surface area contributed by atoms with Gasteiger partial charge < -0.3 is 9.47 Å². The molecule has 0 aromatic heterocycles. The van der Waals surface area contributed by atoms with Gasteiger partial charge in [-0.2, -0.15) is 26.3 Å². The lowest BCUT2D eigenvalue weighted by molar-refractivity contribution is -0.344. The quantitative estimate of drug-likeness (QED) is 0.390. The molecule has 0 saturated heterocycles. The average molecular weight is 416 g/mol. The number of esters is 2. The van der Waals surface area contributed by atoms with Crippen molar-refractivity contribution in [1.82, 2.24) is 0 Å². The van der Waals surface area contributed by atoms with E-state index in [-0.39, 0.29) is 24.9 Å². The van der Waals surface area contributed by atoms with Gasteiger partial charge in [0.25, 0.3) is 0 Å². The summed E-state index contributed by atoms with van der Waals surface area (Å²) in [7, 11) is 0. The first kappa shape index (κ1) is 25.4. The van der Waals surface area contributed by atoms with Gasteiger partial charge in [-0.25, -0.2) is 8.78 Å². The Bertz CT molecular complexity index is 514. The Morgan fingerprint density at radius 3 is 1.59 bits per heavy atom. The smallest absolute Gasteiger partial charge is 0.381 e. The Balaban J connectivity index is 4.47. The lowest BCUT2D eigenvalue weighted by atomic mass is 9.99. The zero-order chi connectivity index (χ0) is 21.7. The molecule has 0 unspecified atom stereocenters. The second-order valence-electron chi connectivity index (χ2n) is 6.94. The molecule has 0 N–H and O–H groups in total. The SMILES string of the molecule is CC(C)(C)COC(=O)CCCC(=O)OCC(F)(F)C(F)(F)C(F)(F)C(F)F. The highest BCUT2D eigenvalue weighted by molar-refractivity contribution is 5.72. The number of hydrogen-bond acceptors (Lipinski definition) is 4. The molecule has 0 aliphatic rings. The molecular weight excluding hydrogens is 396 g/mol. The number of halogens is 8. The van der Waals surface area contributed by atoms with Gasteiger partial charge >= 0.3 is 36.1 Å². The third-order valence-corrected chi connectivity index (χ3v) is 2.99. The lowest BCUT2D eigenvalue weighted by Gasteiger charge is -2.31. The average Bonchev–Trinajstić information content (AvgIpc) is 2.49. The fraction of sp³-hybridized carbons (Fsp3) is 0.867. The van der Waals surface area contributed by atoms with Crippen LogP contribution in [-0.2, 0) is 19.1 Å². The van der Waals surface area contributed by atoms with E-state index in [0.29, 0.717) is 0 Å². The van der Waals surface area contributed by atoms with Crippen LogP contribution in [0.2, 0.25) is 0 Å². The number of hydrogen-bond donors (Lipinski definition) is 0. The molecule has 0 aromatic rings. The minimum absolute atomic E-state index is 0.0793. The summed E-state index contributed by atoms with van der Waals surface area (Å²) in [6, 6.07) is 0. The molecule has 0 atom stereocenters. The van der Waals surface area contributed by atoms with Crippen molar-refractivity contribution in [3.8, 4) is 0 Å².